The highest BCUT2D eigenvalue weighted by molar-refractivity contribution is 5.80. The lowest BCUT2D eigenvalue weighted by Crippen LogP contribution is -2.45. The summed E-state index contributed by atoms with van der Waals surface area (Å²) in [5.74, 6) is 1.55. The molecule has 0 aromatic carbocycles. The van der Waals surface area contributed by atoms with Gasteiger partial charge in [0.15, 0.2) is 5.96 Å². The maximum atomic E-state index is 4.72. The molecule has 1 fully saturated rings. The second-order valence-corrected chi connectivity index (χ2v) is 6.14. The minimum atomic E-state index is 0.439. The zero-order valence-electron chi connectivity index (χ0n) is 13.5. The van der Waals surface area contributed by atoms with Crippen molar-refractivity contribution in [2.24, 2.45) is 10.9 Å². The van der Waals surface area contributed by atoms with E-state index in [1.54, 1.807) is 0 Å². The van der Waals surface area contributed by atoms with E-state index in [0.717, 1.165) is 25.1 Å². The van der Waals surface area contributed by atoms with E-state index < -0.39 is 0 Å². The Kier molecular flexibility index (Phi) is 6.63. The lowest BCUT2D eigenvalue weighted by atomic mass is 10.1. The topological polar surface area (TPSA) is 39.7 Å². The summed E-state index contributed by atoms with van der Waals surface area (Å²) < 4.78 is 0. The van der Waals surface area contributed by atoms with Crippen molar-refractivity contribution >= 4 is 5.96 Å². The maximum absolute atomic E-state index is 4.72. The van der Waals surface area contributed by atoms with E-state index >= 15 is 0 Å². The molecule has 0 aromatic heterocycles. The van der Waals surface area contributed by atoms with Crippen molar-refractivity contribution in [3.8, 4) is 0 Å². The summed E-state index contributed by atoms with van der Waals surface area (Å²) >= 11 is 0. The van der Waals surface area contributed by atoms with Crippen molar-refractivity contribution in [2.75, 3.05) is 20.1 Å². The summed E-state index contributed by atoms with van der Waals surface area (Å²) in [5, 5.41) is 6.80. The molecule has 1 aliphatic rings. The third-order valence-corrected chi connectivity index (χ3v) is 4.04. The molecule has 1 aliphatic carbocycles. The molecule has 2 unspecified atom stereocenters. The zero-order valence-corrected chi connectivity index (χ0v) is 13.5. The molecular formula is C15H32N4. The predicted molar refractivity (Wildman–Crippen MR) is 83.7 cm³/mol. The molecule has 0 amide bonds. The first-order valence-electron chi connectivity index (χ1n) is 7.72. The van der Waals surface area contributed by atoms with Gasteiger partial charge < -0.3 is 10.6 Å². The average molecular weight is 268 g/mol. The Morgan fingerprint density at radius 3 is 2.37 bits per heavy atom. The van der Waals surface area contributed by atoms with Gasteiger partial charge in [0, 0.05) is 24.7 Å². The van der Waals surface area contributed by atoms with Crippen LogP contribution in [0.5, 0.6) is 0 Å². The Bertz CT molecular complexity index is 284. The van der Waals surface area contributed by atoms with Gasteiger partial charge in [-0.15, -0.1) is 0 Å². The van der Waals surface area contributed by atoms with E-state index in [1.165, 1.54) is 12.8 Å². The number of rotatable bonds is 7. The first-order chi connectivity index (χ1) is 8.95. The molecular weight excluding hydrogens is 236 g/mol. The fourth-order valence-electron chi connectivity index (χ4n) is 1.90. The van der Waals surface area contributed by atoms with Crippen molar-refractivity contribution in [3.05, 3.63) is 0 Å². The van der Waals surface area contributed by atoms with Crippen LogP contribution in [-0.4, -0.2) is 49.1 Å². The van der Waals surface area contributed by atoms with Crippen LogP contribution >= 0.6 is 0 Å². The van der Waals surface area contributed by atoms with Crippen molar-refractivity contribution in [2.45, 2.75) is 65.6 Å². The molecule has 0 spiro atoms. The Morgan fingerprint density at radius 1 is 1.26 bits per heavy atom. The molecule has 1 rings (SSSR count). The van der Waals surface area contributed by atoms with E-state index in [1.807, 2.05) is 0 Å². The number of nitrogens with one attached hydrogen (secondary N) is 2. The van der Waals surface area contributed by atoms with E-state index in [9.17, 15) is 0 Å². The average Bonchev–Trinajstić information content (AvgIpc) is 3.18. The van der Waals surface area contributed by atoms with Gasteiger partial charge in [0.2, 0.25) is 0 Å². The van der Waals surface area contributed by atoms with Crippen LogP contribution in [0.3, 0.4) is 0 Å². The Labute approximate surface area is 119 Å². The summed E-state index contributed by atoms with van der Waals surface area (Å²) in [7, 11) is 2.22. The molecule has 0 radical (unpaired) electrons. The van der Waals surface area contributed by atoms with E-state index in [2.05, 4.69) is 57.2 Å². The van der Waals surface area contributed by atoms with Crippen LogP contribution in [0.1, 0.15) is 47.5 Å². The number of hydrogen-bond acceptors (Lipinski definition) is 2. The second kappa shape index (κ2) is 7.73. The van der Waals surface area contributed by atoms with Gasteiger partial charge in [-0.2, -0.15) is 0 Å². The summed E-state index contributed by atoms with van der Waals surface area (Å²) in [4.78, 5) is 7.18. The SMILES string of the molecule is CCNC(=NCC(C)N(C)C1CC1)NC(C)C(C)C. The van der Waals surface area contributed by atoms with Gasteiger partial charge in [-0.1, -0.05) is 13.8 Å². The third-order valence-electron chi connectivity index (χ3n) is 4.04. The van der Waals surface area contributed by atoms with Gasteiger partial charge in [0.1, 0.15) is 0 Å². The van der Waals surface area contributed by atoms with Crippen molar-refractivity contribution < 1.29 is 0 Å². The fourth-order valence-corrected chi connectivity index (χ4v) is 1.90. The number of likely N-dealkylation sites (N-methyl/N-ethyl adjacent to an activating group) is 1. The van der Waals surface area contributed by atoms with Crippen LogP contribution < -0.4 is 10.6 Å². The second-order valence-electron chi connectivity index (χ2n) is 6.14. The Balaban J connectivity index is 2.46. The van der Waals surface area contributed by atoms with Crippen LogP contribution in [0.15, 0.2) is 4.99 Å². The standard InChI is InChI=1S/C15H32N4/c1-7-16-15(18-13(5)11(2)3)17-10-12(4)19(6)14-8-9-14/h11-14H,7-10H2,1-6H3,(H2,16,17,18). The molecule has 1 saturated carbocycles. The van der Waals surface area contributed by atoms with Crippen LogP contribution in [0, 0.1) is 5.92 Å². The molecule has 0 aromatic rings. The highest BCUT2D eigenvalue weighted by atomic mass is 15.2. The molecule has 19 heavy (non-hydrogen) atoms. The van der Waals surface area contributed by atoms with Gasteiger partial charge in [0.25, 0.3) is 0 Å². The van der Waals surface area contributed by atoms with Crippen LogP contribution in [-0.2, 0) is 0 Å². The van der Waals surface area contributed by atoms with Crippen molar-refractivity contribution in [1.29, 1.82) is 0 Å². The lowest BCUT2D eigenvalue weighted by molar-refractivity contribution is 0.253. The summed E-state index contributed by atoms with van der Waals surface area (Å²) in [6.45, 7) is 12.8. The molecule has 2 N–H and O–H groups in total. The predicted octanol–water partition coefficient (Wildman–Crippen LogP) is 2.07. The summed E-state index contributed by atoms with van der Waals surface area (Å²) in [6.07, 6.45) is 2.71. The quantitative estimate of drug-likeness (QED) is 0.548. The number of guanidine groups is 1. The van der Waals surface area contributed by atoms with E-state index in [4.69, 9.17) is 4.99 Å². The molecule has 4 nitrogen and oxygen atoms in total. The minimum Gasteiger partial charge on any atom is -0.357 e. The maximum Gasteiger partial charge on any atom is 0.191 e. The van der Waals surface area contributed by atoms with E-state index in [-0.39, 0.29) is 0 Å². The van der Waals surface area contributed by atoms with Gasteiger partial charge in [-0.05, 0) is 46.6 Å². The third kappa shape index (κ3) is 5.81. The Morgan fingerprint density at radius 2 is 1.89 bits per heavy atom. The van der Waals surface area contributed by atoms with Gasteiger partial charge in [0.05, 0.1) is 6.54 Å². The molecule has 2 atom stereocenters. The number of hydrogen-bond donors (Lipinski definition) is 2. The van der Waals surface area contributed by atoms with Crippen LogP contribution in [0.2, 0.25) is 0 Å². The largest absolute Gasteiger partial charge is 0.357 e. The number of nitrogens with zero attached hydrogens (tertiary/aromatic N) is 2. The summed E-state index contributed by atoms with van der Waals surface area (Å²) in [6, 6.07) is 1.75. The monoisotopic (exact) mass is 268 g/mol. The van der Waals surface area contributed by atoms with Crippen molar-refractivity contribution in [1.82, 2.24) is 15.5 Å². The van der Waals surface area contributed by atoms with Gasteiger partial charge in [-0.3, -0.25) is 9.89 Å². The van der Waals surface area contributed by atoms with E-state index in [0.29, 0.717) is 18.0 Å². The zero-order chi connectivity index (χ0) is 14.4. The molecule has 4 heteroatoms. The Hall–Kier alpha value is -0.770. The van der Waals surface area contributed by atoms with Crippen molar-refractivity contribution in [3.63, 3.8) is 0 Å². The van der Waals surface area contributed by atoms with Gasteiger partial charge in [-0.25, -0.2) is 0 Å². The highest BCUT2D eigenvalue weighted by Crippen LogP contribution is 2.26. The molecule has 0 aliphatic heterocycles. The summed E-state index contributed by atoms with van der Waals surface area (Å²) in [5.41, 5.74) is 0. The lowest BCUT2D eigenvalue weighted by Gasteiger charge is -2.24. The molecule has 0 heterocycles. The smallest absolute Gasteiger partial charge is 0.191 e. The highest BCUT2D eigenvalue weighted by Gasteiger charge is 2.28. The molecule has 0 saturated heterocycles. The van der Waals surface area contributed by atoms with Crippen LogP contribution in [0.4, 0.5) is 0 Å². The normalized spacial score (nSPS) is 19.7. The fraction of sp³-hybridized carbons (Fsp3) is 0.933. The van der Waals surface area contributed by atoms with Gasteiger partial charge >= 0.3 is 0 Å². The first-order valence-corrected chi connectivity index (χ1v) is 7.72. The molecule has 0 bridgehead atoms. The molecule has 112 valence electrons. The minimum absolute atomic E-state index is 0.439. The first kappa shape index (κ1) is 16.3. The number of aliphatic imine (C=N–C) groups is 1. The van der Waals surface area contributed by atoms with Crippen LogP contribution in [0.25, 0.3) is 0 Å².